The third kappa shape index (κ3) is 6.25. The minimum atomic E-state index is -3.52. The van der Waals surface area contributed by atoms with Crippen LogP contribution in [0.5, 0.6) is 5.75 Å². The van der Waals surface area contributed by atoms with Crippen LogP contribution in [0.1, 0.15) is 24.2 Å². The van der Waals surface area contributed by atoms with Gasteiger partial charge in [0.1, 0.15) is 5.75 Å². The summed E-state index contributed by atoms with van der Waals surface area (Å²) in [5, 5.41) is 0. The summed E-state index contributed by atoms with van der Waals surface area (Å²) < 4.78 is 32.1. The van der Waals surface area contributed by atoms with E-state index in [4.69, 9.17) is 20.2 Å². The lowest BCUT2D eigenvalue weighted by Gasteiger charge is -2.11. The quantitative estimate of drug-likeness (QED) is 0.570. The number of esters is 1. The van der Waals surface area contributed by atoms with E-state index in [0.717, 1.165) is 0 Å². The van der Waals surface area contributed by atoms with Crippen LogP contribution in [-0.2, 0) is 13.8 Å². The van der Waals surface area contributed by atoms with Crippen molar-refractivity contribution in [1.82, 2.24) is 0 Å². The molecule has 0 saturated heterocycles. The second-order valence-corrected chi connectivity index (χ2v) is 7.19. The van der Waals surface area contributed by atoms with E-state index in [1.165, 1.54) is 0 Å². The predicted octanol–water partition coefficient (Wildman–Crippen LogP) is 2.45. The minimum Gasteiger partial charge on any atom is -0.493 e. The molecule has 0 fully saturated rings. The normalized spacial score (nSPS) is 12.8. The summed E-state index contributed by atoms with van der Waals surface area (Å²) in [6.45, 7) is 4.01. The minimum absolute atomic E-state index is 0.143. The van der Waals surface area contributed by atoms with Gasteiger partial charge in [-0.15, -0.1) is 0 Å². The first kappa shape index (κ1) is 16.8. The highest BCUT2D eigenvalue weighted by Gasteiger charge is 2.13. The molecule has 0 spiro atoms. The molecule has 1 atom stereocenters. The van der Waals surface area contributed by atoms with Crippen molar-refractivity contribution >= 4 is 25.7 Å². The average Bonchev–Trinajstić information content (AvgIpc) is 2.35. The highest BCUT2D eigenvalue weighted by Crippen LogP contribution is 2.15. The van der Waals surface area contributed by atoms with Gasteiger partial charge in [-0.1, -0.05) is 6.92 Å². The molecule has 0 heterocycles. The van der Waals surface area contributed by atoms with E-state index in [0.29, 0.717) is 17.9 Å². The molecule has 0 aliphatic rings. The number of carbonyl (C=O) groups excluding carboxylic acids is 1. The van der Waals surface area contributed by atoms with Gasteiger partial charge in [0.2, 0.25) is 9.05 Å². The highest BCUT2D eigenvalue weighted by atomic mass is 35.7. The van der Waals surface area contributed by atoms with E-state index in [-0.39, 0.29) is 24.2 Å². The van der Waals surface area contributed by atoms with Gasteiger partial charge in [0.05, 0.1) is 24.5 Å². The van der Waals surface area contributed by atoms with Gasteiger partial charge in [-0.05, 0) is 31.2 Å². The topological polar surface area (TPSA) is 69.7 Å². The highest BCUT2D eigenvalue weighted by molar-refractivity contribution is 8.13. The number of hydrogen-bond acceptors (Lipinski definition) is 5. The number of hydrogen-bond donors (Lipinski definition) is 0. The SMILES string of the molecule is CCOC(=O)c1ccc(OCC(C)CS(=O)(=O)Cl)cc1. The molecule has 1 aromatic carbocycles. The molecular weight excluding hydrogens is 304 g/mol. The Labute approximate surface area is 123 Å². The molecule has 0 amide bonds. The van der Waals surface area contributed by atoms with E-state index in [1.54, 1.807) is 38.1 Å². The van der Waals surface area contributed by atoms with Gasteiger partial charge in [0.25, 0.3) is 0 Å². The molecule has 20 heavy (non-hydrogen) atoms. The maximum Gasteiger partial charge on any atom is 0.338 e. The van der Waals surface area contributed by atoms with Crippen LogP contribution in [0.4, 0.5) is 0 Å². The van der Waals surface area contributed by atoms with Crippen LogP contribution in [0.15, 0.2) is 24.3 Å². The zero-order chi connectivity index (χ0) is 15.2. The third-order valence-corrected chi connectivity index (χ3v) is 3.73. The van der Waals surface area contributed by atoms with Crippen molar-refractivity contribution in [1.29, 1.82) is 0 Å². The van der Waals surface area contributed by atoms with Crippen LogP contribution < -0.4 is 4.74 Å². The first-order valence-electron chi connectivity index (χ1n) is 6.14. The first-order chi connectivity index (χ1) is 9.31. The van der Waals surface area contributed by atoms with Gasteiger partial charge in [0.15, 0.2) is 0 Å². The fourth-order valence-corrected chi connectivity index (χ4v) is 2.95. The summed E-state index contributed by atoms with van der Waals surface area (Å²) in [6, 6.07) is 6.45. The molecular formula is C13H17ClO5S. The molecule has 0 N–H and O–H groups in total. The lowest BCUT2D eigenvalue weighted by atomic mass is 10.2. The van der Waals surface area contributed by atoms with E-state index in [9.17, 15) is 13.2 Å². The zero-order valence-corrected chi connectivity index (χ0v) is 12.9. The zero-order valence-electron chi connectivity index (χ0n) is 11.3. The lowest BCUT2D eigenvalue weighted by molar-refractivity contribution is 0.0526. The molecule has 0 bridgehead atoms. The van der Waals surface area contributed by atoms with Crippen molar-refractivity contribution < 1.29 is 22.7 Å². The van der Waals surface area contributed by atoms with Crippen molar-refractivity contribution in [3.05, 3.63) is 29.8 Å². The van der Waals surface area contributed by atoms with Crippen LogP contribution in [0.3, 0.4) is 0 Å². The largest absolute Gasteiger partial charge is 0.493 e. The number of carbonyl (C=O) groups is 1. The van der Waals surface area contributed by atoms with E-state index >= 15 is 0 Å². The third-order valence-electron chi connectivity index (χ3n) is 2.38. The number of rotatable bonds is 7. The Morgan fingerprint density at radius 1 is 1.30 bits per heavy atom. The van der Waals surface area contributed by atoms with Gasteiger partial charge in [-0.25, -0.2) is 13.2 Å². The van der Waals surface area contributed by atoms with Crippen molar-refractivity contribution in [2.45, 2.75) is 13.8 Å². The van der Waals surface area contributed by atoms with Crippen LogP contribution in [0.2, 0.25) is 0 Å². The number of ether oxygens (including phenoxy) is 2. The second kappa shape index (κ2) is 7.50. The summed E-state index contributed by atoms with van der Waals surface area (Å²) in [7, 11) is 1.64. The van der Waals surface area contributed by atoms with E-state index in [2.05, 4.69) is 0 Å². The molecule has 7 heteroatoms. The molecule has 0 saturated carbocycles. The molecule has 112 valence electrons. The Bertz CT molecular complexity index is 538. The molecule has 0 aromatic heterocycles. The van der Waals surface area contributed by atoms with Crippen LogP contribution in [0.25, 0.3) is 0 Å². The average molecular weight is 321 g/mol. The van der Waals surface area contributed by atoms with Crippen LogP contribution in [0, 0.1) is 5.92 Å². The predicted molar refractivity (Wildman–Crippen MR) is 76.7 cm³/mol. The Hall–Kier alpha value is -1.27. The van der Waals surface area contributed by atoms with Gasteiger partial charge >= 0.3 is 5.97 Å². The molecule has 0 aliphatic heterocycles. The van der Waals surface area contributed by atoms with Gasteiger partial charge in [0, 0.05) is 16.6 Å². The Morgan fingerprint density at radius 2 is 1.90 bits per heavy atom. The number of benzene rings is 1. The van der Waals surface area contributed by atoms with E-state index < -0.39 is 9.05 Å². The standard InChI is InChI=1S/C13H17ClO5S/c1-3-18-13(15)11-4-6-12(7-5-11)19-8-10(2)9-20(14,16)17/h4-7,10H,3,8-9H2,1-2H3. The van der Waals surface area contributed by atoms with Crippen molar-refractivity contribution in [2.24, 2.45) is 5.92 Å². The van der Waals surface area contributed by atoms with Gasteiger partial charge in [-0.3, -0.25) is 0 Å². The molecule has 5 nitrogen and oxygen atoms in total. The molecule has 0 radical (unpaired) electrons. The maximum atomic E-state index is 11.4. The van der Waals surface area contributed by atoms with Gasteiger partial charge < -0.3 is 9.47 Å². The van der Waals surface area contributed by atoms with Crippen LogP contribution in [-0.4, -0.2) is 33.4 Å². The molecule has 1 rings (SSSR count). The van der Waals surface area contributed by atoms with Crippen LogP contribution >= 0.6 is 10.7 Å². The van der Waals surface area contributed by atoms with E-state index in [1.807, 2.05) is 0 Å². The molecule has 0 aliphatic carbocycles. The summed E-state index contributed by atoms with van der Waals surface area (Å²) in [6.07, 6.45) is 0. The Kier molecular flexibility index (Phi) is 6.29. The summed E-state index contributed by atoms with van der Waals surface area (Å²) >= 11 is 0. The fourth-order valence-electron chi connectivity index (χ4n) is 1.53. The second-order valence-electron chi connectivity index (χ2n) is 4.37. The van der Waals surface area contributed by atoms with Crippen molar-refractivity contribution in [3.8, 4) is 5.75 Å². The molecule has 1 unspecified atom stereocenters. The Morgan fingerprint density at radius 3 is 2.40 bits per heavy atom. The smallest absolute Gasteiger partial charge is 0.338 e. The maximum absolute atomic E-state index is 11.4. The summed E-state index contributed by atoms with van der Waals surface area (Å²) in [5.41, 5.74) is 0.440. The van der Waals surface area contributed by atoms with Gasteiger partial charge in [-0.2, -0.15) is 0 Å². The van der Waals surface area contributed by atoms with Crippen molar-refractivity contribution in [3.63, 3.8) is 0 Å². The number of halogens is 1. The monoisotopic (exact) mass is 320 g/mol. The summed E-state index contributed by atoms with van der Waals surface area (Å²) in [4.78, 5) is 11.4. The Balaban J connectivity index is 2.52. The molecule has 1 aromatic rings. The fraction of sp³-hybridized carbons (Fsp3) is 0.462. The lowest BCUT2D eigenvalue weighted by Crippen LogP contribution is -2.16. The first-order valence-corrected chi connectivity index (χ1v) is 8.62. The van der Waals surface area contributed by atoms with Crippen molar-refractivity contribution in [2.75, 3.05) is 19.0 Å². The summed E-state index contributed by atoms with van der Waals surface area (Å²) in [5.74, 6) is -0.199.